The molecule has 0 amide bonds. The molecule has 0 saturated carbocycles. The van der Waals surface area contributed by atoms with Gasteiger partial charge in [0.2, 0.25) is 0 Å². The standard InChI is InChI=1S/C64H110O9Si4/c1-46-43-55-64(16,70-49(46)35-29-42-66-77(61(11,12)13,47-31-25-23-26-32-47)48-33-27-24-28-34-48)45-53(72-75(19,20)59(5,6)7)57-52(69-55)44-56-62(14,71-57)39-37-50-51(68-56)38-40-63(15,73-76(21,22)60(8,9)10)54(67-50)36-30-41-65-74(17,18)58(2,3)4/h23-28,31-34,37,39,46,49-57H,29-30,35-36,38,40-45H2,1-22H3/t46-,49-,50-,51+,52+,53-,54+,55-,56-,57+,62+,63-,64+/m0/s1. The Balaban J connectivity index is 1.12. The monoisotopic (exact) mass is 1130 g/mol. The third-order valence-electron chi connectivity index (χ3n) is 20.5. The molecule has 5 aliphatic rings. The lowest BCUT2D eigenvalue weighted by Gasteiger charge is -2.49. The normalized spacial score (nSPS) is 33.9. The highest BCUT2D eigenvalue weighted by molar-refractivity contribution is 6.99. The first-order valence-electron chi connectivity index (χ1n) is 30.2. The number of hydrogen-bond donors (Lipinski definition) is 0. The average Bonchev–Trinajstić information content (AvgIpc) is 3.59. The van der Waals surface area contributed by atoms with E-state index in [9.17, 15) is 0 Å². The van der Waals surface area contributed by atoms with Crippen LogP contribution in [0.15, 0.2) is 72.8 Å². The van der Waals surface area contributed by atoms with Crippen molar-refractivity contribution < 1.29 is 41.4 Å². The average molecular weight is 1140 g/mol. The number of rotatable bonds is 16. The van der Waals surface area contributed by atoms with Gasteiger partial charge in [0.1, 0.15) is 17.8 Å². The number of benzene rings is 2. The van der Waals surface area contributed by atoms with Crippen LogP contribution in [-0.4, -0.2) is 118 Å². The van der Waals surface area contributed by atoms with Crippen LogP contribution in [0.3, 0.4) is 0 Å². The zero-order valence-corrected chi connectivity index (χ0v) is 56.7. The summed E-state index contributed by atoms with van der Waals surface area (Å²) in [7, 11) is -9.06. The molecule has 0 bridgehead atoms. The summed E-state index contributed by atoms with van der Waals surface area (Å²) in [6.45, 7) is 52.8. The van der Waals surface area contributed by atoms with Gasteiger partial charge in [0.25, 0.3) is 8.32 Å². The molecule has 436 valence electrons. The zero-order valence-electron chi connectivity index (χ0n) is 52.7. The molecule has 5 aliphatic heterocycles. The molecule has 0 N–H and O–H groups in total. The Morgan fingerprint density at radius 3 is 1.70 bits per heavy atom. The van der Waals surface area contributed by atoms with Gasteiger partial charge in [0, 0.05) is 26.1 Å². The maximum absolute atomic E-state index is 7.61. The quantitative estimate of drug-likeness (QED) is 0.0927. The largest absolute Gasteiger partial charge is 0.417 e. The first-order chi connectivity index (χ1) is 35.4. The molecule has 77 heavy (non-hydrogen) atoms. The topological polar surface area (TPSA) is 83.1 Å². The highest BCUT2D eigenvalue weighted by Gasteiger charge is 2.60. The SMILES string of the molecule is C[C@H]1C[C@@H]2O[C@@H]3C[C@@H]4O[C@@H]5CC[C@](C)(O[Si](C)(C)C(C)(C)C)[C@@H](CCCO[Si](C)(C)C(C)(C)C)O[C@H]5C=C[C@@]4(C)O[C@H]3[C@@H](O[Si](C)(C)C(C)(C)C)C[C@@]2(C)O[C@H]1CCCO[Si](c1ccccc1)(c1ccccc1)C(C)(C)C. The summed E-state index contributed by atoms with van der Waals surface area (Å²) in [5.74, 6) is 0.294. The van der Waals surface area contributed by atoms with Gasteiger partial charge in [-0.1, -0.05) is 163 Å². The van der Waals surface area contributed by atoms with Crippen molar-refractivity contribution in [3.05, 3.63) is 72.8 Å². The minimum atomic E-state index is -2.66. The molecule has 0 radical (unpaired) electrons. The van der Waals surface area contributed by atoms with E-state index < -0.39 is 50.1 Å². The molecule has 0 unspecified atom stereocenters. The summed E-state index contributed by atoms with van der Waals surface area (Å²) >= 11 is 0. The molecule has 9 nitrogen and oxygen atoms in total. The Morgan fingerprint density at radius 1 is 0.597 bits per heavy atom. The Morgan fingerprint density at radius 2 is 1.14 bits per heavy atom. The van der Waals surface area contributed by atoms with Crippen molar-refractivity contribution in [2.45, 2.75) is 300 Å². The maximum Gasteiger partial charge on any atom is 0.261 e. The minimum Gasteiger partial charge on any atom is -0.417 e. The van der Waals surface area contributed by atoms with Gasteiger partial charge < -0.3 is 41.4 Å². The van der Waals surface area contributed by atoms with E-state index in [-0.39, 0.29) is 75.1 Å². The number of hydrogen-bond acceptors (Lipinski definition) is 9. The molecule has 0 aromatic heterocycles. The van der Waals surface area contributed by atoms with Crippen LogP contribution in [0.2, 0.25) is 59.4 Å². The first kappa shape index (κ1) is 63.3. The summed E-state index contributed by atoms with van der Waals surface area (Å²) in [6.07, 6.45) is 10.5. The van der Waals surface area contributed by atoms with Gasteiger partial charge in [0.05, 0.1) is 53.9 Å². The van der Waals surface area contributed by atoms with Crippen LogP contribution in [0.5, 0.6) is 0 Å². The molecular weight excluding hydrogens is 1030 g/mol. The maximum atomic E-state index is 7.61. The lowest BCUT2D eigenvalue weighted by Crippen LogP contribution is -2.66. The molecular formula is C64H110O9Si4. The summed E-state index contributed by atoms with van der Waals surface area (Å²) in [4.78, 5) is 0. The summed E-state index contributed by atoms with van der Waals surface area (Å²) in [5, 5.41) is 2.76. The van der Waals surface area contributed by atoms with E-state index in [0.29, 0.717) is 25.4 Å². The lowest BCUT2D eigenvalue weighted by atomic mass is 9.80. The van der Waals surface area contributed by atoms with Crippen molar-refractivity contribution >= 4 is 43.6 Å². The molecule has 0 spiro atoms. The molecule has 0 aliphatic carbocycles. The molecule has 5 heterocycles. The highest BCUT2D eigenvalue weighted by atomic mass is 28.4. The van der Waals surface area contributed by atoms with Gasteiger partial charge in [-0.25, -0.2) is 0 Å². The Labute approximate surface area is 474 Å². The highest BCUT2D eigenvalue weighted by Crippen LogP contribution is 2.51. The second kappa shape index (κ2) is 23.0. The van der Waals surface area contributed by atoms with E-state index in [0.717, 1.165) is 51.6 Å². The molecule has 13 atom stereocenters. The van der Waals surface area contributed by atoms with Crippen molar-refractivity contribution in [1.82, 2.24) is 0 Å². The van der Waals surface area contributed by atoms with Crippen LogP contribution in [0.1, 0.15) is 169 Å². The van der Waals surface area contributed by atoms with E-state index in [2.05, 4.69) is 223 Å². The third kappa shape index (κ3) is 13.5. The zero-order chi connectivity index (χ0) is 57.1. The third-order valence-corrected chi connectivity index (χ3v) is 39.2. The van der Waals surface area contributed by atoms with Crippen LogP contribution in [0, 0.1) is 5.92 Å². The molecule has 4 saturated heterocycles. The second-order valence-electron chi connectivity index (χ2n) is 30.7. The fourth-order valence-corrected chi connectivity index (χ4v) is 21.2. The van der Waals surface area contributed by atoms with Crippen LogP contribution in [0.4, 0.5) is 0 Å². The predicted molar refractivity (Wildman–Crippen MR) is 328 cm³/mol. The van der Waals surface area contributed by atoms with Crippen molar-refractivity contribution in [2.75, 3.05) is 13.2 Å². The fraction of sp³-hybridized carbons (Fsp3) is 0.781. The molecule has 4 fully saturated rings. The van der Waals surface area contributed by atoms with E-state index in [1.807, 2.05) is 0 Å². The van der Waals surface area contributed by atoms with E-state index >= 15 is 0 Å². The van der Waals surface area contributed by atoms with Crippen LogP contribution in [-0.2, 0) is 41.4 Å². The summed E-state index contributed by atoms with van der Waals surface area (Å²) in [5.41, 5.74) is -1.78. The van der Waals surface area contributed by atoms with Gasteiger partial charge in [-0.05, 0) is 141 Å². The summed E-state index contributed by atoms with van der Waals surface area (Å²) in [6, 6.07) is 22.0. The van der Waals surface area contributed by atoms with Crippen molar-refractivity contribution in [3.63, 3.8) is 0 Å². The van der Waals surface area contributed by atoms with Gasteiger partial charge >= 0.3 is 0 Å². The minimum absolute atomic E-state index is 0.000297. The van der Waals surface area contributed by atoms with Crippen molar-refractivity contribution in [3.8, 4) is 0 Å². The second-order valence-corrected chi connectivity index (χ2v) is 49.3. The van der Waals surface area contributed by atoms with Crippen LogP contribution in [0.25, 0.3) is 0 Å². The van der Waals surface area contributed by atoms with E-state index in [4.69, 9.17) is 41.4 Å². The van der Waals surface area contributed by atoms with Gasteiger partial charge in [-0.15, -0.1) is 0 Å². The fourth-order valence-electron chi connectivity index (χ4n) is 12.5. The van der Waals surface area contributed by atoms with E-state index in [1.54, 1.807) is 0 Å². The first-order valence-corrected chi connectivity index (χ1v) is 40.8. The molecule has 13 heteroatoms. The van der Waals surface area contributed by atoms with Gasteiger partial charge in [-0.3, -0.25) is 0 Å². The smallest absolute Gasteiger partial charge is 0.261 e. The molecule has 7 rings (SSSR count). The number of ether oxygens (including phenoxy) is 5. The van der Waals surface area contributed by atoms with Crippen LogP contribution >= 0.6 is 0 Å². The van der Waals surface area contributed by atoms with Gasteiger partial charge in [0.15, 0.2) is 25.0 Å². The Bertz CT molecular complexity index is 2230. The Hall–Kier alpha value is -1.31. The number of fused-ring (bicyclic) bond motifs is 4. The van der Waals surface area contributed by atoms with Crippen molar-refractivity contribution in [1.29, 1.82) is 0 Å². The van der Waals surface area contributed by atoms with E-state index in [1.165, 1.54) is 10.4 Å². The van der Waals surface area contributed by atoms with Crippen LogP contribution < -0.4 is 10.4 Å². The lowest BCUT2D eigenvalue weighted by molar-refractivity contribution is -0.264. The molecule has 2 aromatic rings. The predicted octanol–water partition coefficient (Wildman–Crippen LogP) is 15.1. The Kier molecular flexibility index (Phi) is 18.9. The van der Waals surface area contributed by atoms with Crippen molar-refractivity contribution in [2.24, 2.45) is 5.92 Å². The van der Waals surface area contributed by atoms with Gasteiger partial charge in [-0.2, -0.15) is 0 Å². The molecule has 2 aromatic carbocycles. The summed E-state index contributed by atoms with van der Waals surface area (Å²) < 4.78 is 66.7.